The van der Waals surface area contributed by atoms with Gasteiger partial charge in [0.2, 0.25) is 0 Å². The minimum atomic E-state index is 0.0826. The molecule has 3 heterocycles. The maximum absolute atomic E-state index is 12.9. The molecule has 0 saturated carbocycles. The summed E-state index contributed by atoms with van der Waals surface area (Å²) in [6.07, 6.45) is 3.55. The van der Waals surface area contributed by atoms with Crippen LogP contribution in [-0.4, -0.2) is 46.8 Å². The van der Waals surface area contributed by atoms with E-state index in [-0.39, 0.29) is 5.91 Å². The fourth-order valence-corrected chi connectivity index (χ4v) is 4.01. The average Bonchev–Trinajstić information content (AvgIpc) is 3.10. The molecule has 5 heteroatoms. The zero-order chi connectivity index (χ0) is 15.2. The predicted octanol–water partition coefficient (Wildman–Crippen LogP) is 1.79. The Kier molecular flexibility index (Phi) is 3.18. The van der Waals surface area contributed by atoms with Gasteiger partial charge in [-0.05, 0) is 31.9 Å². The van der Waals surface area contributed by atoms with Gasteiger partial charge >= 0.3 is 0 Å². The number of carbonyl (C=O) groups is 1. The Morgan fingerprint density at radius 3 is 3.00 bits per heavy atom. The molecule has 1 spiro atoms. The van der Waals surface area contributed by atoms with Crippen LogP contribution in [-0.2, 0) is 7.05 Å². The first-order chi connectivity index (χ1) is 10.7. The van der Waals surface area contributed by atoms with Gasteiger partial charge in [-0.15, -0.1) is 0 Å². The van der Waals surface area contributed by atoms with Crippen LogP contribution in [0.25, 0.3) is 10.9 Å². The van der Waals surface area contributed by atoms with E-state index in [1.165, 1.54) is 12.8 Å². The molecule has 1 atom stereocenters. The summed E-state index contributed by atoms with van der Waals surface area (Å²) in [4.78, 5) is 14.9. The van der Waals surface area contributed by atoms with Crippen LogP contribution < -0.4 is 5.32 Å². The lowest BCUT2D eigenvalue weighted by molar-refractivity contribution is 0.0759. The van der Waals surface area contributed by atoms with Gasteiger partial charge in [0.15, 0.2) is 5.69 Å². The molecule has 1 amide bonds. The molecule has 116 valence electrons. The van der Waals surface area contributed by atoms with Crippen molar-refractivity contribution in [2.75, 3.05) is 26.2 Å². The van der Waals surface area contributed by atoms with Gasteiger partial charge in [0.05, 0.1) is 5.52 Å². The van der Waals surface area contributed by atoms with E-state index in [0.29, 0.717) is 11.1 Å². The number of aryl methyl sites for hydroxylation is 1. The molecule has 4 rings (SSSR count). The smallest absolute Gasteiger partial charge is 0.275 e. The second kappa shape index (κ2) is 5.09. The summed E-state index contributed by atoms with van der Waals surface area (Å²) in [5, 5.41) is 8.93. The van der Waals surface area contributed by atoms with Gasteiger partial charge < -0.3 is 10.2 Å². The molecule has 1 aromatic carbocycles. The Labute approximate surface area is 130 Å². The predicted molar refractivity (Wildman–Crippen MR) is 85.8 cm³/mol. The summed E-state index contributed by atoms with van der Waals surface area (Å²) in [5.74, 6) is 0.0826. The summed E-state index contributed by atoms with van der Waals surface area (Å²) < 4.78 is 1.80. The summed E-state index contributed by atoms with van der Waals surface area (Å²) in [6, 6.07) is 7.95. The third-order valence-electron chi connectivity index (χ3n) is 5.25. The van der Waals surface area contributed by atoms with E-state index in [1.54, 1.807) is 4.68 Å². The quantitative estimate of drug-likeness (QED) is 0.873. The van der Waals surface area contributed by atoms with Crippen molar-refractivity contribution in [1.82, 2.24) is 20.0 Å². The Morgan fingerprint density at radius 2 is 2.18 bits per heavy atom. The highest BCUT2D eigenvalue weighted by atomic mass is 16.2. The van der Waals surface area contributed by atoms with Crippen LogP contribution in [0.5, 0.6) is 0 Å². The number of benzene rings is 1. The molecule has 5 nitrogen and oxygen atoms in total. The van der Waals surface area contributed by atoms with Crippen LogP contribution in [0.3, 0.4) is 0 Å². The Balaban J connectivity index is 1.62. The summed E-state index contributed by atoms with van der Waals surface area (Å²) in [6.45, 7) is 3.87. The number of amides is 1. The zero-order valence-electron chi connectivity index (χ0n) is 13.0. The van der Waals surface area contributed by atoms with Gasteiger partial charge in [0.1, 0.15) is 0 Å². The standard InChI is InChI=1S/C17H22N4O/c1-20-14-6-3-2-5-13(14)15(19-20)16(22)21-10-8-17(12-21)7-4-9-18-11-17/h2-3,5-6,18H,4,7-12H2,1H3/t17-/m1/s1. The number of piperidine rings is 1. The molecule has 0 unspecified atom stereocenters. The van der Waals surface area contributed by atoms with E-state index < -0.39 is 0 Å². The number of nitrogens with zero attached hydrogens (tertiary/aromatic N) is 3. The molecule has 1 N–H and O–H groups in total. The van der Waals surface area contributed by atoms with E-state index in [9.17, 15) is 4.79 Å². The van der Waals surface area contributed by atoms with Gasteiger partial charge in [0.25, 0.3) is 5.91 Å². The van der Waals surface area contributed by atoms with Gasteiger partial charge in [-0.3, -0.25) is 9.48 Å². The molecule has 2 aliphatic heterocycles. The number of likely N-dealkylation sites (tertiary alicyclic amines) is 1. The van der Waals surface area contributed by atoms with Crippen molar-refractivity contribution in [1.29, 1.82) is 0 Å². The largest absolute Gasteiger partial charge is 0.337 e. The average molecular weight is 298 g/mol. The van der Waals surface area contributed by atoms with Crippen molar-refractivity contribution in [3.8, 4) is 0 Å². The monoisotopic (exact) mass is 298 g/mol. The van der Waals surface area contributed by atoms with Crippen LogP contribution in [0.1, 0.15) is 29.8 Å². The molecule has 22 heavy (non-hydrogen) atoms. The van der Waals surface area contributed by atoms with E-state index in [1.807, 2.05) is 36.2 Å². The highest BCUT2D eigenvalue weighted by Crippen LogP contribution is 2.37. The van der Waals surface area contributed by atoms with E-state index in [4.69, 9.17) is 0 Å². The van der Waals surface area contributed by atoms with Crippen molar-refractivity contribution in [2.24, 2.45) is 12.5 Å². The molecular weight excluding hydrogens is 276 g/mol. The number of para-hydroxylation sites is 1. The van der Waals surface area contributed by atoms with Crippen molar-refractivity contribution >= 4 is 16.8 Å². The summed E-state index contributed by atoms with van der Waals surface area (Å²) in [5.41, 5.74) is 1.90. The van der Waals surface area contributed by atoms with Gasteiger partial charge in [-0.1, -0.05) is 18.2 Å². The maximum Gasteiger partial charge on any atom is 0.275 e. The van der Waals surface area contributed by atoms with Crippen molar-refractivity contribution in [3.05, 3.63) is 30.0 Å². The van der Waals surface area contributed by atoms with Crippen molar-refractivity contribution < 1.29 is 4.79 Å². The van der Waals surface area contributed by atoms with Crippen molar-refractivity contribution in [3.63, 3.8) is 0 Å². The Morgan fingerprint density at radius 1 is 1.32 bits per heavy atom. The number of fused-ring (bicyclic) bond motifs is 1. The minimum absolute atomic E-state index is 0.0826. The number of nitrogens with one attached hydrogen (secondary N) is 1. The zero-order valence-corrected chi connectivity index (χ0v) is 13.0. The van der Waals surface area contributed by atoms with E-state index in [0.717, 1.165) is 43.5 Å². The summed E-state index contributed by atoms with van der Waals surface area (Å²) in [7, 11) is 1.90. The molecule has 2 aromatic rings. The second-order valence-corrected chi connectivity index (χ2v) is 6.75. The molecular formula is C17H22N4O. The van der Waals surface area contributed by atoms with Crippen LogP contribution in [0.2, 0.25) is 0 Å². The van der Waals surface area contributed by atoms with Crippen LogP contribution in [0.15, 0.2) is 24.3 Å². The highest BCUT2D eigenvalue weighted by Gasteiger charge is 2.41. The maximum atomic E-state index is 12.9. The SMILES string of the molecule is Cn1nc(C(=O)N2CC[C@@]3(CCCNC3)C2)c2ccccc21. The molecule has 0 bridgehead atoms. The summed E-state index contributed by atoms with van der Waals surface area (Å²) >= 11 is 0. The Hall–Kier alpha value is -1.88. The van der Waals surface area contributed by atoms with Crippen LogP contribution in [0, 0.1) is 5.41 Å². The number of hydrogen-bond acceptors (Lipinski definition) is 3. The molecule has 2 fully saturated rings. The first-order valence-electron chi connectivity index (χ1n) is 8.10. The molecule has 1 aromatic heterocycles. The first kappa shape index (κ1) is 13.8. The fraction of sp³-hybridized carbons (Fsp3) is 0.529. The number of rotatable bonds is 1. The van der Waals surface area contributed by atoms with Gasteiger partial charge in [-0.2, -0.15) is 5.10 Å². The lowest BCUT2D eigenvalue weighted by atomic mass is 9.80. The Bertz CT molecular complexity index is 715. The third-order valence-corrected chi connectivity index (χ3v) is 5.25. The van der Waals surface area contributed by atoms with E-state index >= 15 is 0 Å². The van der Waals surface area contributed by atoms with Crippen LogP contribution >= 0.6 is 0 Å². The molecule has 0 radical (unpaired) electrons. The normalized spacial score (nSPS) is 25.2. The minimum Gasteiger partial charge on any atom is -0.337 e. The fourth-order valence-electron chi connectivity index (χ4n) is 4.01. The third kappa shape index (κ3) is 2.11. The van der Waals surface area contributed by atoms with Gasteiger partial charge in [0, 0.05) is 37.5 Å². The first-order valence-corrected chi connectivity index (χ1v) is 8.10. The lowest BCUT2D eigenvalue weighted by Gasteiger charge is -2.33. The molecule has 2 aliphatic rings. The lowest BCUT2D eigenvalue weighted by Crippen LogP contribution is -2.42. The highest BCUT2D eigenvalue weighted by molar-refractivity contribution is 6.04. The molecule has 0 aliphatic carbocycles. The number of hydrogen-bond donors (Lipinski definition) is 1. The molecule has 2 saturated heterocycles. The van der Waals surface area contributed by atoms with Gasteiger partial charge in [-0.25, -0.2) is 0 Å². The van der Waals surface area contributed by atoms with Crippen LogP contribution in [0.4, 0.5) is 0 Å². The van der Waals surface area contributed by atoms with Crippen molar-refractivity contribution in [2.45, 2.75) is 19.3 Å². The second-order valence-electron chi connectivity index (χ2n) is 6.75. The van der Waals surface area contributed by atoms with E-state index in [2.05, 4.69) is 10.4 Å². The number of aromatic nitrogens is 2. The topological polar surface area (TPSA) is 50.2 Å². The number of carbonyl (C=O) groups excluding carboxylic acids is 1.